The number of ether oxygens (including phenoxy) is 1. The van der Waals surface area contributed by atoms with Crippen LogP contribution in [0.15, 0.2) is 6.20 Å². The lowest BCUT2D eigenvalue weighted by atomic mass is 9.81. The van der Waals surface area contributed by atoms with Crippen LogP contribution < -0.4 is 15.4 Å². The van der Waals surface area contributed by atoms with Gasteiger partial charge in [-0.05, 0) is 56.8 Å². The second kappa shape index (κ2) is 15.1. The van der Waals surface area contributed by atoms with Crippen molar-refractivity contribution in [3.8, 4) is 5.88 Å². The molecule has 0 spiro atoms. The minimum atomic E-state index is -0.869. The Morgan fingerprint density at radius 2 is 1.79 bits per heavy atom. The van der Waals surface area contributed by atoms with Gasteiger partial charge in [-0.25, -0.2) is 4.68 Å². The first-order chi connectivity index (χ1) is 18.8. The zero-order valence-electron chi connectivity index (χ0n) is 25.0. The molecule has 1 heterocycles. The summed E-state index contributed by atoms with van der Waals surface area (Å²) >= 11 is 0. The normalized spacial score (nSPS) is 19.0. The van der Waals surface area contributed by atoms with Crippen molar-refractivity contribution in [3.05, 3.63) is 11.8 Å². The number of aliphatic carboxylic acids is 1. The van der Waals surface area contributed by atoms with Crippen LogP contribution in [0.5, 0.6) is 5.88 Å². The number of carbonyl (C=O) groups is 2. The molecule has 2 saturated carbocycles. The molecular weight excluding hydrogens is 492 g/mol. The highest BCUT2D eigenvalue weighted by atomic mass is 16.5. The minimum Gasteiger partial charge on any atom is -0.480 e. The zero-order valence-corrected chi connectivity index (χ0v) is 25.0. The zero-order chi connectivity index (χ0) is 28.3. The molecule has 0 aliphatic heterocycles. The van der Waals surface area contributed by atoms with E-state index >= 15 is 0 Å². The summed E-state index contributed by atoms with van der Waals surface area (Å²) < 4.78 is 8.13. The van der Waals surface area contributed by atoms with Crippen LogP contribution in [-0.2, 0) is 11.3 Å². The lowest BCUT2D eigenvalue weighted by Gasteiger charge is -2.35. The predicted octanol–water partition coefficient (Wildman–Crippen LogP) is 6.33. The summed E-state index contributed by atoms with van der Waals surface area (Å²) in [6, 6.07) is 0. The standard InChI is InChI=1S/C31H54N4O4/c1-5-14-24(4)21-30(6-2,7-3)34-27(36)26-22-33-35(28(26)39-23-25-15-10-8-11-16-25)20-19-32-31(29(37)38)17-12-9-13-18-31/h22,24-25,32H,5-21,23H2,1-4H3,(H,34,36)(H,37,38). The molecule has 8 heteroatoms. The van der Waals surface area contributed by atoms with Gasteiger partial charge < -0.3 is 20.5 Å². The van der Waals surface area contributed by atoms with E-state index in [9.17, 15) is 14.7 Å². The third-order valence-corrected chi connectivity index (χ3v) is 9.37. The molecule has 0 aromatic carbocycles. The number of carboxylic acids is 1. The summed E-state index contributed by atoms with van der Waals surface area (Å²) in [5.41, 5.74) is -0.651. The molecule has 1 atom stereocenters. The highest BCUT2D eigenvalue weighted by molar-refractivity contribution is 5.96. The van der Waals surface area contributed by atoms with Crippen molar-refractivity contribution in [2.24, 2.45) is 11.8 Å². The number of nitrogens with zero attached hydrogens (tertiary/aromatic N) is 2. The largest absolute Gasteiger partial charge is 0.480 e. The van der Waals surface area contributed by atoms with Crippen LogP contribution in [0, 0.1) is 11.8 Å². The second-order valence-electron chi connectivity index (χ2n) is 12.3. The first kappa shape index (κ1) is 31.4. The highest BCUT2D eigenvalue weighted by Crippen LogP contribution is 2.31. The number of aromatic nitrogens is 2. The van der Waals surface area contributed by atoms with E-state index in [1.807, 2.05) is 0 Å². The average Bonchev–Trinajstić information content (AvgIpc) is 3.35. The van der Waals surface area contributed by atoms with Gasteiger partial charge in [0, 0.05) is 12.1 Å². The Hall–Kier alpha value is -2.09. The molecule has 3 N–H and O–H groups in total. The van der Waals surface area contributed by atoms with Crippen molar-refractivity contribution in [2.75, 3.05) is 13.2 Å². The molecule has 0 bridgehead atoms. The number of amides is 1. The average molecular weight is 547 g/mol. The molecular formula is C31H54N4O4. The van der Waals surface area contributed by atoms with Crippen LogP contribution in [0.3, 0.4) is 0 Å². The maximum absolute atomic E-state index is 13.7. The number of carbonyl (C=O) groups excluding carboxylic acids is 1. The summed E-state index contributed by atoms with van der Waals surface area (Å²) in [6.07, 6.45) is 16.9. The lowest BCUT2D eigenvalue weighted by molar-refractivity contribution is -0.146. The minimum absolute atomic E-state index is 0.130. The van der Waals surface area contributed by atoms with Gasteiger partial charge in [-0.3, -0.25) is 9.59 Å². The first-order valence-corrected chi connectivity index (χ1v) is 15.8. The molecule has 1 unspecified atom stereocenters. The summed E-state index contributed by atoms with van der Waals surface area (Å²) in [5.74, 6) is 0.635. The molecule has 2 aliphatic carbocycles. The summed E-state index contributed by atoms with van der Waals surface area (Å²) in [5, 5.41) is 21.2. The monoisotopic (exact) mass is 546 g/mol. The molecule has 2 aliphatic rings. The van der Waals surface area contributed by atoms with E-state index in [4.69, 9.17) is 4.74 Å². The fraction of sp³-hybridized carbons (Fsp3) is 0.839. The quantitative estimate of drug-likeness (QED) is 0.224. The molecule has 1 aromatic heterocycles. The molecule has 3 rings (SSSR count). The Morgan fingerprint density at radius 1 is 1.13 bits per heavy atom. The molecule has 0 radical (unpaired) electrons. The van der Waals surface area contributed by atoms with E-state index < -0.39 is 11.5 Å². The van der Waals surface area contributed by atoms with E-state index in [0.29, 0.717) is 55.8 Å². The second-order valence-corrected chi connectivity index (χ2v) is 12.3. The number of rotatable bonds is 16. The molecule has 2 fully saturated rings. The SMILES string of the molecule is CCCC(C)CC(CC)(CC)NC(=O)c1cnn(CCNC2(C(=O)O)CCCCC2)c1OCC1CCCCC1. The van der Waals surface area contributed by atoms with E-state index in [1.54, 1.807) is 10.9 Å². The summed E-state index contributed by atoms with van der Waals surface area (Å²) in [7, 11) is 0. The van der Waals surface area contributed by atoms with Gasteiger partial charge in [0.1, 0.15) is 11.1 Å². The van der Waals surface area contributed by atoms with E-state index in [1.165, 1.54) is 19.3 Å². The smallest absolute Gasteiger partial charge is 0.323 e. The Kier molecular flexibility index (Phi) is 12.1. The van der Waals surface area contributed by atoms with Gasteiger partial charge in [0.2, 0.25) is 5.88 Å². The number of carboxylic acid groups (broad SMARTS) is 1. The summed E-state index contributed by atoms with van der Waals surface area (Å²) in [4.78, 5) is 25.8. The van der Waals surface area contributed by atoms with Crippen molar-refractivity contribution < 1.29 is 19.4 Å². The molecule has 39 heavy (non-hydrogen) atoms. The van der Waals surface area contributed by atoms with E-state index in [0.717, 1.165) is 64.2 Å². The Morgan fingerprint density at radius 3 is 2.41 bits per heavy atom. The fourth-order valence-electron chi connectivity index (χ4n) is 6.75. The van der Waals surface area contributed by atoms with Crippen LogP contribution in [0.4, 0.5) is 0 Å². The number of nitrogens with one attached hydrogen (secondary N) is 2. The molecule has 1 amide bonds. The molecule has 0 saturated heterocycles. The van der Waals surface area contributed by atoms with Crippen molar-refractivity contribution in [1.82, 2.24) is 20.4 Å². The summed E-state index contributed by atoms with van der Waals surface area (Å²) in [6.45, 7) is 10.3. The third-order valence-electron chi connectivity index (χ3n) is 9.37. The van der Waals surface area contributed by atoms with Gasteiger partial charge in [-0.2, -0.15) is 5.10 Å². The number of hydrogen-bond acceptors (Lipinski definition) is 5. The maximum atomic E-state index is 13.7. The van der Waals surface area contributed by atoms with Crippen molar-refractivity contribution in [2.45, 2.75) is 142 Å². The topological polar surface area (TPSA) is 105 Å². The van der Waals surface area contributed by atoms with Gasteiger partial charge in [0.15, 0.2) is 0 Å². The fourth-order valence-corrected chi connectivity index (χ4v) is 6.75. The van der Waals surface area contributed by atoms with Gasteiger partial charge >= 0.3 is 5.97 Å². The van der Waals surface area contributed by atoms with Gasteiger partial charge in [-0.15, -0.1) is 0 Å². The van der Waals surface area contributed by atoms with Crippen molar-refractivity contribution >= 4 is 11.9 Å². The van der Waals surface area contributed by atoms with Crippen molar-refractivity contribution in [3.63, 3.8) is 0 Å². The van der Waals surface area contributed by atoms with Crippen LogP contribution in [-0.4, -0.2) is 51.0 Å². The van der Waals surface area contributed by atoms with Crippen LogP contribution in [0.2, 0.25) is 0 Å². The Bertz CT molecular complexity index is 898. The molecule has 1 aromatic rings. The number of hydrogen-bond donors (Lipinski definition) is 3. The predicted molar refractivity (Wildman–Crippen MR) is 155 cm³/mol. The van der Waals surface area contributed by atoms with E-state index in [2.05, 4.69) is 43.4 Å². The van der Waals surface area contributed by atoms with Crippen molar-refractivity contribution in [1.29, 1.82) is 0 Å². The van der Waals surface area contributed by atoms with Crippen LogP contribution in [0.25, 0.3) is 0 Å². The van der Waals surface area contributed by atoms with Crippen LogP contribution in [0.1, 0.15) is 134 Å². The Labute approximate surface area is 236 Å². The maximum Gasteiger partial charge on any atom is 0.323 e. The molecule has 8 nitrogen and oxygen atoms in total. The van der Waals surface area contributed by atoms with Gasteiger partial charge in [0.25, 0.3) is 5.91 Å². The van der Waals surface area contributed by atoms with Crippen LogP contribution >= 0.6 is 0 Å². The van der Waals surface area contributed by atoms with E-state index in [-0.39, 0.29) is 11.4 Å². The molecule has 222 valence electrons. The van der Waals surface area contributed by atoms with Gasteiger partial charge in [-0.1, -0.05) is 79.1 Å². The Balaban J connectivity index is 1.76. The lowest BCUT2D eigenvalue weighted by Crippen LogP contribution is -2.54. The highest BCUT2D eigenvalue weighted by Gasteiger charge is 2.39. The third kappa shape index (κ3) is 8.45. The van der Waals surface area contributed by atoms with Gasteiger partial charge in [0.05, 0.1) is 19.3 Å². The first-order valence-electron chi connectivity index (χ1n) is 15.8.